The molecule has 0 amide bonds. The van der Waals surface area contributed by atoms with Gasteiger partial charge in [0.05, 0.1) is 25.9 Å². The number of aliphatic hydroxyl groups excluding tert-OH is 1. The van der Waals surface area contributed by atoms with Crippen LogP contribution >= 0.6 is 0 Å². The maximum Gasteiger partial charge on any atom is 0.167 e. The van der Waals surface area contributed by atoms with E-state index in [0.717, 1.165) is 31.9 Å². The van der Waals surface area contributed by atoms with E-state index < -0.39 is 6.10 Å². The molecule has 0 saturated carbocycles. The molecule has 0 radical (unpaired) electrons. The van der Waals surface area contributed by atoms with Crippen LogP contribution in [0.4, 0.5) is 10.1 Å². The summed E-state index contributed by atoms with van der Waals surface area (Å²) < 4.78 is 24.2. The Balaban J connectivity index is 1.80. The van der Waals surface area contributed by atoms with Crippen molar-refractivity contribution in [3.63, 3.8) is 0 Å². The van der Waals surface area contributed by atoms with Crippen LogP contribution in [-0.4, -0.2) is 68.7 Å². The van der Waals surface area contributed by atoms with Crippen molar-refractivity contribution in [2.24, 2.45) is 0 Å². The molecule has 1 N–H and O–H groups in total. The Kier molecular flexibility index (Phi) is 6.62. The minimum absolute atomic E-state index is 0.131. The van der Waals surface area contributed by atoms with Crippen LogP contribution < -0.4 is 9.64 Å². The fraction of sp³-hybridized carbons (Fsp3) is 0.647. The largest absolute Gasteiger partial charge is 0.494 e. The molecular weight excluding hydrogens is 299 g/mol. The molecule has 1 aliphatic rings. The third kappa shape index (κ3) is 5.34. The van der Waals surface area contributed by atoms with E-state index in [0.29, 0.717) is 13.2 Å². The first kappa shape index (κ1) is 18.0. The molecule has 6 heteroatoms. The quantitative estimate of drug-likeness (QED) is 0.827. The Bertz CT molecular complexity index is 491. The summed E-state index contributed by atoms with van der Waals surface area (Å²) in [5, 5.41) is 9.98. The van der Waals surface area contributed by atoms with Crippen LogP contribution in [0.1, 0.15) is 13.8 Å². The average Bonchev–Trinajstić information content (AvgIpc) is 2.53. The highest BCUT2D eigenvalue weighted by Crippen LogP contribution is 2.24. The van der Waals surface area contributed by atoms with Gasteiger partial charge in [-0.25, -0.2) is 4.39 Å². The Labute approximate surface area is 137 Å². The summed E-state index contributed by atoms with van der Waals surface area (Å²) in [5.41, 5.74) is 0.867. The zero-order valence-electron chi connectivity index (χ0n) is 14.2. The van der Waals surface area contributed by atoms with Gasteiger partial charge in [-0.15, -0.1) is 0 Å². The van der Waals surface area contributed by atoms with Gasteiger partial charge in [0, 0.05) is 44.5 Å². The van der Waals surface area contributed by atoms with E-state index in [-0.39, 0.29) is 17.7 Å². The van der Waals surface area contributed by atoms with E-state index in [2.05, 4.69) is 9.80 Å². The summed E-state index contributed by atoms with van der Waals surface area (Å²) in [6, 6.07) is 5.05. The van der Waals surface area contributed by atoms with Crippen LogP contribution in [0, 0.1) is 5.82 Å². The first-order valence-electron chi connectivity index (χ1n) is 8.10. The van der Waals surface area contributed by atoms with Crippen molar-refractivity contribution >= 4 is 5.69 Å². The van der Waals surface area contributed by atoms with Crippen LogP contribution in [0.2, 0.25) is 0 Å². The molecule has 1 saturated heterocycles. The maximum atomic E-state index is 13.8. The van der Waals surface area contributed by atoms with Crippen molar-refractivity contribution in [2.45, 2.75) is 26.1 Å². The second-order valence-electron chi connectivity index (χ2n) is 6.14. The van der Waals surface area contributed by atoms with Crippen LogP contribution in [0.5, 0.6) is 5.75 Å². The van der Waals surface area contributed by atoms with Gasteiger partial charge in [0.15, 0.2) is 11.6 Å². The number of β-amino-alcohol motifs (C(OH)–C–C–N with tert-alkyl or cyclic N) is 1. The molecule has 1 aromatic rings. The van der Waals surface area contributed by atoms with Gasteiger partial charge in [-0.1, -0.05) is 0 Å². The van der Waals surface area contributed by atoms with Gasteiger partial charge in [-0.2, -0.15) is 0 Å². The molecular formula is C17H27FN2O3. The molecule has 1 aromatic carbocycles. The number of hydrogen-bond acceptors (Lipinski definition) is 5. The SMILES string of the molecule is COc1ccc(N2CCN(CC(O)COC(C)C)CC2)cc1F. The van der Waals surface area contributed by atoms with Crippen LogP contribution in [-0.2, 0) is 4.74 Å². The van der Waals surface area contributed by atoms with Gasteiger partial charge in [0.1, 0.15) is 0 Å². The molecule has 1 unspecified atom stereocenters. The fourth-order valence-corrected chi connectivity index (χ4v) is 2.69. The van der Waals surface area contributed by atoms with Crippen molar-refractivity contribution in [3.8, 4) is 5.75 Å². The molecule has 0 bridgehead atoms. The normalized spacial score (nSPS) is 17.6. The molecule has 1 aliphatic heterocycles. The molecule has 130 valence electrons. The lowest BCUT2D eigenvalue weighted by atomic mass is 10.2. The van der Waals surface area contributed by atoms with Crippen molar-refractivity contribution in [1.82, 2.24) is 4.90 Å². The van der Waals surface area contributed by atoms with E-state index in [4.69, 9.17) is 9.47 Å². The Morgan fingerprint density at radius 2 is 1.91 bits per heavy atom. The fourth-order valence-electron chi connectivity index (χ4n) is 2.69. The van der Waals surface area contributed by atoms with E-state index in [9.17, 15) is 9.50 Å². The topological polar surface area (TPSA) is 45.2 Å². The summed E-state index contributed by atoms with van der Waals surface area (Å²) in [7, 11) is 1.46. The monoisotopic (exact) mass is 326 g/mol. The molecule has 2 rings (SSSR count). The zero-order valence-corrected chi connectivity index (χ0v) is 14.2. The molecule has 23 heavy (non-hydrogen) atoms. The molecule has 0 aromatic heterocycles. The lowest BCUT2D eigenvalue weighted by Gasteiger charge is -2.37. The minimum atomic E-state index is -0.470. The molecule has 1 atom stereocenters. The van der Waals surface area contributed by atoms with Gasteiger partial charge in [0.25, 0.3) is 0 Å². The number of benzene rings is 1. The molecule has 1 heterocycles. The van der Waals surface area contributed by atoms with Crippen molar-refractivity contribution in [3.05, 3.63) is 24.0 Å². The van der Waals surface area contributed by atoms with Crippen molar-refractivity contribution in [2.75, 3.05) is 51.3 Å². The summed E-state index contributed by atoms with van der Waals surface area (Å²) in [4.78, 5) is 4.36. The van der Waals surface area contributed by atoms with Gasteiger partial charge < -0.3 is 19.5 Å². The maximum absolute atomic E-state index is 13.8. The summed E-state index contributed by atoms with van der Waals surface area (Å²) in [5.74, 6) is -0.0747. The lowest BCUT2D eigenvalue weighted by Crippen LogP contribution is -2.49. The van der Waals surface area contributed by atoms with Gasteiger partial charge in [-0.05, 0) is 26.0 Å². The Morgan fingerprint density at radius 1 is 1.22 bits per heavy atom. The molecule has 0 spiro atoms. The summed E-state index contributed by atoms with van der Waals surface area (Å²) >= 11 is 0. The number of anilines is 1. The van der Waals surface area contributed by atoms with E-state index in [1.54, 1.807) is 6.07 Å². The Morgan fingerprint density at radius 3 is 2.48 bits per heavy atom. The number of ether oxygens (including phenoxy) is 2. The van der Waals surface area contributed by atoms with Gasteiger partial charge in [-0.3, -0.25) is 4.90 Å². The number of hydrogen-bond donors (Lipinski definition) is 1. The van der Waals surface area contributed by atoms with E-state index in [1.165, 1.54) is 13.2 Å². The summed E-state index contributed by atoms with van der Waals surface area (Å²) in [6.07, 6.45) is -0.339. The van der Waals surface area contributed by atoms with Crippen molar-refractivity contribution < 1.29 is 19.0 Å². The second kappa shape index (κ2) is 8.47. The van der Waals surface area contributed by atoms with Crippen LogP contribution in [0.3, 0.4) is 0 Å². The Hall–Kier alpha value is -1.37. The minimum Gasteiger partial charge on any atom is -0.494 e. The van der Waals surface area contributed by atoms with E-state index in [1.807, 2.05) is 19.9 Å². The predicted octanol–water partition coefficient (Wildman–Crippen LogP) is 1.74. The third-order valence-electron chi connectivity index (χ3n) is 3.96. The first-order chi connectivity index (χ1) is 11.0. The number of halogens is 1. The first-order valence-corrected chi connectivity index (χ1v) is 8.10. The molecule has 0 aliphatic carbocycles. The molecule has 5 nitrogen and oxygen atoms in total. The number of piperazine rings is 1. The highest BCUT2D eigenvalue weighted by Gasteiger charge is 2.20. The average molecular weight is 326 g/mol. The number of rotatable bonds is 7. The van der Waals surface area contributed by atoms with Crippen LogP contribution in [0.25, 0.3) is 0 Å². The van der Waals surface area contributed by atoms with Gasteiger partial charge in [0.2, 0.25) is 0 Å². The third-order valence-corrected chi connectivity index (χ3v) is 3.96. The molecule has 1 fully saturated rings. The predicted molar refractivity (Wildman–Crippen MR) is 88.7 cm³/mol. The summed E-state index contributed by atoms with van der Waals surface area (Å²) in [6.45, 7) is 8.18. The highest BCUT2D eigenvalue weighted by atomic mass is 19.1. The standard InChI is InChI=1S/C17H27FN2O3/c1-13(2)23-12-15(21)11-19-6-8-20(9-7-19)14-4-5-17(22-3)16(18)10-14/h4-5,10,13,15,21H,6-9,11-12H2,1-3H3. The lowest BCUT2D eigenvalue weighted by molar-refractivity contribution is -0.00899. The second-order valence-corrected chi connectivity index (χ2v) is 6.14. The van der Waals surface area contributed by atoms with E-state index >= 15 is 0 Å². The number of aliphatic hydroxyl groups is 1. The van der Waals surface area contributed by atoms with Crippen molar-refractivity contribution in [1.29, 1.82) is 0 Å². The van der Waals surface area contributed by atoms with Gasteiger partial charge >= 0.3 is 0 Å². The zero-order chi connectivity index (χ0) is 16.8. The number of methoxy groups -OCH3 is 1. The highest BCUT2D eigenvalue weighted by molar-refractivity contribution is 5.50. The van der Waals surface area contributed by atoms with Crippen LogP contribution in [0.15, 0.2) is 18.2 Å². The smallest absolute Gasteiger partial charge is 0.167 e. The number of nitrogens with zero attached hydrogens (tertiary/aromatic N) is 2.